The van der Waals surface area contributed by atoms with Gasteiger partial charge in [-0.3, -0.25) is 0 Å². The van der Waals surface area contributed by atoms with Gasteiger partial charge in [0.1, 0.15) is 6.10 Å². The Kier molecular flexibility index (Phi) is 5.09. The molecule has 76 valence electrons. The van der Waals surface area contributed by atoms with Crippen molar-refractivity contribution in [2.75, 3.05) is 13.2 Å². The molecule has 1 rings (SSSR count). The van der Waals surface area contributed by atoms with Gasteiger partial charge in [0.15, 0.2) is 0 Å². The molecular formula is C11H20O2. The molecule has 0 aromatic rings. The molecule has 0 aromatic carbocycles. The molecule has 1 fully saturated rings. The largest absolute Gasteiger partial charge is 0.371 e. The summed E-state index contributed by atoms with van der Waals surface area (Å²) in [5.41, 5.74) is 0. The molecule has 0 bridgehead atoms. The van der Waals surface area contributed by atoms with Gasteiger partial charge in [-0.1, -0.05) is 32.3 Å². The molecule has 2 nitrogen and oxygen atoms in total. The highest BCUT2D eigenvalue weighted by atomic mass is 16.6. The van der Waals surface area contributed by atoms with Crippen molar-refractivity contribution in [3.8, 4) is 0 Å². The second-order valence-electron chi connectivity index (χ2n) is 3.56. The maximum atomic E-state index is 5.62. The fourth-order valence-electron chi connectivity index (χ4n) is 1.26. The first-order valence-corrected chi connectivity index (χ1v) is 5.22. The van der Waals surface area contributed by atoms with Crippen LogP contribution in [0.3, 0.4) is 0 Å². The van der Waals surface area contributed by atoms with E-state index in [1.165, 1.54) is 19.3 Å². The fraction of sp³-hybridized carbons (Fsp3) is 0.818. The van der Waals surface area contributed by atoms with E-state index in [1.54, 1.807) is 0 Å². The van der Waals surface area contributed by atoms with E-state index in [-0.39, 0.29) is 6.10 Å². The van der Waals surface area contributed by atoms with Gasteiger partial charge in [-0.2, -0.15) is 0 Å². The van der Waals surface area contributed by atoms with Crippen LogP contribution in [0.25, 0.3) is 0 Å². The molecule has 0 spiro atoms. The molecule has 1 aliphatic rings. The number of rotatable bonds is 8. The van der Waals surface area contributed by atoms with Gasteiger partial charge < -0.3 is 9.47 Å². The van der Waals surface area contributed by atoms with E-state index in [0.29, 0.717) is 6.10 Å². The van der Waals surface area contributed by atoms with Crippen molar-refractivity contribution < 1.29 is 9.47 Å². The van der Waals surface area contributed by atoms with Gasteiger partial charge in [-0.15, -0.1) is 6.58 Å². The van der Waals surface area contributed by atoms with Gasteiger partial charge in [0, 0.05) is 0 Å². The first kappa shape index (κ1) is 10.7. The Hall–Kier alpha value is -0.340. The molecule has 0 N–H and O–H groups in total. The third-order valence-corrected chi connectivity index (χ3v) is 2.25. The zero-order valence-corrected chi connectivity index (χ0v) is 8.50. The van der Waals surface area contributed by atoms with Gasteiger partial charge in [0.2, 0.25) is 0 Å². The van der Waals surface area contributed by atoms with Crippen molar-refractivity contribution in [2.24, 2.45) is 0 Å². The fourth-order valence-corrected chi connectivity index (χ4v) is 1.26. The Labute approximate surface area is 80.9 Å². The smallest absolute Gasteiger partial charge is 0.104 e. The van der Waals surface area contributed by atoms with Crippen LogP contribution in [-0.4, -0.2) is 25.4 Å². The topological polar surface area (TPSA) is 21.8 Å². The van der Waals surface area contributed by atoms with Crippen LogP contribution in [0, 0.1) is 0 Å². The lowest BCUT2D eigenvalue weighted by Gasteiger charge is -2.12. The van der Waals surface area contributed by atoms with Crippen LogP contribution in [0.2, 0.25) is 0 Å². The maximum Gasteiger partial charge on any atom is 0.104 e. The summed E-state index contributed by atoms with van der Waals surface area (Å²) >= 11 is 0. The molecule has 2 atom stereocenters. The van der Waals surface area contributed by atoms with E-state index in [2.05, 4.69) is 13.5 Å². The summed E-state index contributed by atoms with van der Waals surface area (Å²) in [6.07, 6.45) is 7.38. The van der Waals surface area contributed by atoms with E-state index in [0.717, 1.165) is 19.6 Å². The summed E-state index contributed by atoms with van der Waals surface area (Å²) in [5, 5.41) is 0. The van der Waals surface area contributed by atoms with Crippen LogP contribution in [0.15, 0.2) is 12.7 Å². The molecule has 0 radical (unpaired) electrons. The second-order valence-corrected chi connectivity index (χ2v) is 3.56. The van der Waals surface area contributed by atoms with E-state index in [9.17, 15) is 0 Å². The van der Waals surface area contributed by atoms with Crippen LogP contribution in [0.4, 0.5) is 0 Å². The monoisotopic (exact) mass is 184 g/mol. The minimum atomic E-state index is 0.232. The quantitative estimate of drug-likeness (QED) is 0.328. The van der Waals surface area contributed by atoms with E-state index in [4.69, 9.17) is 9.47 Å². The highest BCUT2D eigenvalue weighted by molar-refractivity contribution is 4.81. The molecule has 0 aromatic heterocycles. The number of hydrogen-bond donors (Lipinski definition) is 0. The van der Waals surface area contributed by atoms with E-state index < -0.39 is 0 Å². The first-order chi connectivity index (χ1) is 6.36. The van der Waals surface area contributed by atoms with Crippen LogP contribution in [-0.2, 0) is 9.47 Å². The predicted molar refractivity (Wildman–Crippen MR) is 53.8 cm³/mol. The van der Waals surface area contributed by atoms with Crippen molar-refractivity contribution in [3.05, 3.63) is 12.7 Å². The number of unbranched alkanes of at least 4 members (excludes halogenated alkanes) is 2. The number of ether oxygens (including phenoxy) is 2. The lowest BCUT2D eigenvalue weighted by Crippen LogP contribution is -2.13. The SMILES string of the molecule is C=CC(CCCCC)OCC1CO1. The Morgan fingerprint density at radius 1 is 1.62 bits per heavy atom. The molecule has 0 saturated carbocycles. The molecule has 0 amide bonds. The van der Waals surface area contributed by atoms with Gasteiger partial charge in [0.05, 0.1) is 19.3 Å². The minimum absolute atomic E-state index is 0.232. The van der Waals surface area contributed by atoms with E-state index >= 15 is 0 Å². The summed E-state index contributed by atoms with van der Waals surface area (Å²) in [5.74, 6) is 0. The van der Waals surface area contributed by atoms with Gasteiger partial charge >= 0.3 is 0 Å². The second kappa shape index (κ2) is 6.17. The Morgan fingerprint density at radius 2 is 2.38 bits per heavy atom. The van der Waals surface area contributed by atoms with E-state index in [1.807, 2.05) is 6.08 Å². The van der Waals surface area contributed by atoms with Crippen molar-refractivity contribution in [2.45, 2.75) is 44.8 Å². The van der Waals surface area contributed by atoms with Crippen LogP contribution < -0.4 is 0 Å². The molecule has 1 aliphatic heterocycles. The van der Waals surface area contributed by atoms with Crippen LogP contribution in [0.1, 0.15) is 32.6 Å². The highest BCUT2D eigenvalue weighted by Crippen LogP contribution is 2.13. The Balaban J connectivity index is 1.99. The Bertz CT molecular complexity index is 141. The zero-order chi connectivity index (χ0) is 9.52. The van der Waals surface area contributed by atoms with Gasteiger partial charge in [-0.05, 0) is 6.42 Å². The third-order valence-electron chi connectivity index (χ3n) is 2.25. The summed E-state index contributed by atoms with van der Waals surface area (Å²) in [7, 11) is 0. The molecule has 2 heteroatoms. The normalized spacial score (nSPS) is 22.7. The molecular weight excluding hydrogens is 164 g/mol. The molecule has 2 unspecified atom stereocenters. The first-order valence-electron chi connectivity index (χ1n) is 5.22. The maximum absolute atomic E-state index is 5.62. The van der Waals surface area contributed by atoms with Gasteiger partial charge in [-0.25, -0.2) is 0 Å². The minimum Gasteiger partial charge on any atom is -0.371 e. The number of epoxide rings is 1. The average molecular weight is 184 g/mol. The van der Waals surface area contributed by atoms with Crippen molar-refractivity contribution in [3.63, 3.8) is 0 Å². The zero-order valence-electron chi connectivity index (χ0n) is 8.50. The molecule has 1 heterocycles. The van der Waals surface area contributed by atoms with Crippen molar-refractivity contribution in [1.82, 2.24) is 0 Å². The van der Waals surface area contributed by atoms with Gasteiger partial charge in [0.25, 0.3) is 0 Å². The lowest BCUT2D eigenvalue weighted by atomic mass is 10.1. The van der Waals surface area contributed by atoms with Crippen LogP contribution >= 0.6 is 0 Å². The lowest BCUT2D eigenvalue weighted by molar-refractivity contribution is 0.0656. The van der Waals surface area contributed by atoms with Crippen molar-refractivity contribution >= 4 is 0 Å². The molecule has 0 aliphatic carbocycles. The standard InChI is InChI=1S/C11H20O2/c1-3-5-6-7-10(4-2)12-8-11-9-13-11/h4,10-11H,2-3,5-9H2,1H3. The summed E-state index contributed by atoms with van der Waals surface area (Å²) in [6.45, 7) is 7.60. The van der Waals surface area contributed by atoms with Crippen LogP contribution in [0.5, 0.6) is 0 Å². The summed E-state index contributed by atoms with van der Waals surface area (Å²) in [6, 6.07) is 0. The summed E-state index contributed by atoms with van der Waals surface area (Å²) in [4.78, 5) is 0. The highest BCUT2D eigenvalue weighted by Gasteiger charge is 2.23. The van der Waals surface area contributed by atoms with Crippen molar-refractivity contribution in [1.29, 1.82) is 0 Å². The third kappa shape index (κ3) is 5.06. The average Bonchev–Trinajstić information content (AvgIpc) is 2.94. The predicted octanol–water partition coefficient (Wildman–Crippen LogP) is 2.54. The molecule has 1 saturated heterocycles. The molecule has 13 heavy (non-hydrogen) atoms. The number of hydrogen-bond acceptors (Lipinski definition) is 2. The summed E-state index contributed by atoms with van der Waals surface area (Å²) < 4.78 is 10.7. The Morgan fingerprint density at radius 3 is 2.92 bits per heavy atom.